The molecule has 1 rings (SSSR count). The molecule has 1 fully saturated rings. The zero-order valence-corrected chi connectivity index (χ0v) is 7.31. The number of rotatable bonds is 2. The molecule has 0 aromatic rings. The molecule has 0 spiro atoms. The van der Waals surface area contributed by atoms with Crippen molar-refractivity contribution in [3.05, 3.63) is 0 Å². The van der Waals surface area contributed by atoms with E-state index in [4.69, 9.17) is 23.2 Å². The van der Waals surface area contributed by atoms with Gasteiger partial charge in [0, 0.05) is 6.42 Å². The van der Waals surface area contributed by atoms with Crippen molar-refractivity contribution in [3.63, 3.8) is 0 Å². The van der Waals surface area contributed by atoms with Crippen LogP contribution in [0.1, 0.15) is 6.42 Å². The Morgan fingerprint density at radius 2 is 1.83 bits per heavy atom. The van der Waals surface area contributed by atoms with Gasteiger partial charge in [0.15, 0.2) is 5.78 Å². The molecule has 1 aliphatic heterocycles. The van der Waals surface area contributed by atoms with Crippen molar-refractivity contribution in [2.24, 2.45) is 0 Å². The standard InChI is InChI=1S/C6H4Cl2O4/c7-4(10)6(5(8)11)3(9)1-2-12-6/h1-2H2. The molecule has 1 heterocycles. The predicted molar refractivity (Wildman–Crippen MR) is 40.0 cm³/mol. The van der Waals surface area contributed by atoms with E-state index in [1.54, 1.807) is 0 Å². The number of hydrogen-bond donors (Lipinski definition) is 0. The Morgan fingerprint density at radius 3 is 2.00 bits per heavy atom. The van der Waals surface area contributed by atoms with Gasteiger partial charge in [-0.1, -0.05) is 0 Å². The van der Waals surface area contributed by atoms with Crippen LogP contribution in [-0.4, -0.2) is 28.5 Å². The first-order chi connectivity index (χ1) is 5.51. The number of carbonyl (C=O) groups is 3. The maximum absolute atomic E-state index is 11.0. The fraction of sp³-hybridized carbons (Fsp3) is 0.500. The lowest BCUT2D eigenvalue weighted by atomic mass is 10.0. The van der Waals surface area contributed by atoms with Crippen molar-refractivity contribution >= 4 is 39.5 Å². The van der Waals surface area contributed by atoms with E-state index in [-0.39, 0.29) is 13.0 Å². The highest BCUT2D eigenvalue weighted by Gasteiger charge is 2.55. The predicted octanol–water partition coefficient (Wildman–Crippen LogP) is 0.245. The molecule has 1 aliphatic rings. The Hall–Kier alpha value is -0.450. The fourth-order valence-corrected chi connectivity index (χ4v) is 1.50. The molecule has 0 unspecified atom stereocenters. The molecule has 0 aromatic carbocycles. The van der Waals surface area contributed by atoms with E-state index >= 15 is 0 Å². The number of carbonyl (C=O) groups excluding carboxylic acids is 3. The molecule has 4 nitrogen and oxygen atoms in total. The second kappa shape index (κ2) is 3.12. The second-order valence-corrected chi connectivity index (χ2v) is 2.94. The lowest BCUT2D eigenvalue weighted by molar-refractivity contribution is -0.149. The second-order valence-electron chi connectivity index (χ2n) is 2.25. The first-order valence-corrected chi connectivity index (χ1v) is 3.84. The van der Waals surface area contributed by atoms with Crippen LogP contribution in [0.25, 0.3) is 0 Å². The van der Waals surface area contributed by atoms with E-state index in [0.717, 1.165) is 0 Å². The molecule has 0 amide bonds. The summed E-state index contributed by atoms with van der Waals surface area (Å²) in [6.45, 7) is -0.00421. The van der Waals surface area contributed by atoms with Gasteiger partial charge in [-0.2, -0.15) is 0 Å². The van der Waals surface area contributed by atoms with Gasteiger partial charge in [0.2, 0.25) is 0 Å². The van der Waals surface area contributed by atoms with E-state index < -0.39 is 21.9 Å². The van der Waals surface area contributed by atoms with E-state index in [2.05, 4.69) is 4.74 Å². The summed E-state index contributed by atoms with van der Waals surface area (Å²) in [5.41, 5.74) is -2.23. The Bertz CT molecular complexity index is 246. The number of halogens is 2. The van der Waals surface area contributed by atoms with Gasteiger partial charge in [-0.3, -0.25) is 14.4 Å². The van der Waals surface area contributed by atoms with Crippen molar-refractivity contribution in [1.82, 2.24) is 0 Å². The highest BCUT2D eigenvalue weighted by molar-refractivity contribution is 6.79. The summed E-state index contributed by atoms with van der Waals surface area (Å²) in [4.78, 5) is 32.5. The average molecular weight is 211 g/mol. The first-order valence-electron chi connectivity index (χ1n) is 3.09. The van der Waals surface area contributed by atoms with Gasteiger partial charge in [0.1, 0.15) is 0 Å². The molecular weight excluding hydrogens is 207 g/mol. The molecule has 0 saturated carbocycles. The third-order valence-electron chi connectivity index (χ3n) is 1.59. The number of ether oxygens (including phenoxy) is 1. The SMILES string of the molecule is O=C(Cl)C1(C(=O)Cl)OCCC1=O. The Kier molecular flexibility index (Phi) is 2.51. The summed E-state index contributed by atoms with van der Waals surface area (Å²) in [5.74, 6) is -0.678. The van der Waals surface area contributed by atoms with Crippen LogP contribution in [0, 0.1) is 0 Å². The van der Waals surface area contributed by atoms with E-state index in [0.29, 0.717) is 0 Å². The molecule has 1 saturated heterocycles. The van der Waals surface area contributed by atoms with Crippen LogP contribution >= 0.6 is 23.2 Å². The topological polar surface area (TPSA) is 60.4 Å². The highest BCUT2D eigenvalue weighted by Crippen LogP contribution is 2.27. The zero-order valence-electron chi connectivity index (χ0n) is 5.80. The van der Waals surface area contributed by atoms with Gasteiger partial charge in [0.05, 0.1) is 6.61 Å². The Morgan fingerprint density at radius 1 is 1.33 bits per heavy atom. The van der Waals surface area contributed by atoms with Crippen molar-refractivity contribution < 1.29 is 19.1 Å². The van der Waals surface area contributed by atoms with Crippen LogP contribution < -0.4 is 0 Å². The fourth-order valence-electron chi connectivity index (χ4n) is 0.963. The number of hydrogen-bond acceptors (Lipinski definition) is 4. The highest BCUT2D eigenvalue weighted by atomic mass is 35.5. The lowest BCUT2D eigenvalue weighted by Crippen LogP contribution is -2.47. The van der Waals surface area contributed by atoms with Crippen molar-refractivity contribution in [2.45, 2.75) is 12.0 Å². The van der Waals surface area contributed by atoms with E-state index in [9.17, 15) is 14.4 Å². The van der Waals surface area contributed by atoms with Crippen LogP contribution in [0.5, 0.6) is 0 Å². The summed E-state index contributed by atoms with van der Waals surface area (Å²) < 4.78 is 4.66. The van der Waals surface area contributed by atoms with Crippen LogP contribution in [0.3, 0.4) is 0 Å². The first kappa shape index (κ1) is 9.64. The summed E-state index contributed by atoms with van der Waals surface area (Å²) in [6.07, 6.45) is -0.0169. The van der Waals surface area contributed by atoms with Crippen molar-refractivity contribution in [1.29, 1.82) is 0 Å². The van der Waals surface area contributed by atoms with Crippen LogP contribution in [0.15, 0.2) is 0 Å². The minimum atomic E-state index is -2.23. The molecule has 12 heavy (non-hydrogen) atoms. The van der Waals surface area contributed by atoms with Gasteiger partial charge in [-0.25, -0.2) is 0 Å². The third kappa shape index (κ3) is 1.16. The quantitative estimate of drug-likeness (QED) is 0.485. The molecule has 0 atom stereocenters. The summed E-state index contributed by atoms with van der Waals surface area (Å²) >= 11 is 10.1. The zero-order chi connectivity index (χ0) is 9.35. The van der Waals surface area contributed by atoms with E-state index in [1.807, 2.05) is 0 Å². The molecule has 0 N–H and O–H groups in total. The third-order valence-corrected chi connectivity index (χ3v) is 2.13. The van der Waals surface area contributed by atoms with Gasteiger partial charge < -0.3 is 4.74 Å². The summed E-state index contributed by atoms with van der Waals surface area (Å²) in [5, 5.41) is -2.35. The molecule has 0 bridgehead atoms. The average Bonchev–Trinajstić information content (AvgIpc) is 2.31. The van der Waals surface area contributed by atoms with Crippen molar-refractivity contribution in [2.75, 3.05) is 6.61 Å². The molecule has 6 heteroatoms. The summed E-state index contributed by atoms with van der Waals surface area (Å²) in [7, 11) is 0. The van der Waals surface area contributed by atoms with Gasteiger partial charge in [-0.05, 0) is 23.2 Å². The monoisotopic (exact) mass is 210 g/mol. The lowest BCUT2D eigenvalue weighted by Gasteiger charge is -2.15. The van der Waals surface area contributed by atoms with Crippen LogP contribution in [-0.2, 0) is 19.1 Å². The summed E-state index contributed by atoms with van der Waals surface area (Å²) in [6, 6.07) is 0. The van der Waals surface area contributed by atoms with Crippen LogP contribution in [0.4, 0.5) is 0 Å². The Labute approximate surface area is 77.8 Å². The Balaban J connectivity index is 3.10. The van der Waals surface area contributed by atoms with Gasteiger partial charge >= 0.3 is 0 Å². The van der Waals surface area contributed by atoms with Gasteiger partial charge in [-0.15, -0.1) is 0 Å². The van der Waals surface area contributed by atoms with Crippen molar-refractivity contribution in [3.8, 4) is 0 Å². The van der Waals surface area contributed by atoms with Crippen LogP contribution in [0.2, 0.25) is 0 Å². The molecule has 0 aromatic heterocycles. The van der Waals surface area contributed by atoms with Gasteiger partial charge in [0.25, 0.3) is 16.1 Å². The molecular formula is C6H4Cl2O4. The molecule has 0 radical (unpaired) electrons. The largest absolute Gasteiger partial charge is 0.350 e. The number of Topliss-reactive ketones (excluding diaryl/α,β-unsaturated/α-hetero) is 1. The maximum Gasteiger partial charge on any atom is 0.274 e. The van der Waals surface area contributed by atoms with E-state index in [1.165, 1.54) is 0 Å². The molecule has 66 valence electrons. The normalized spacial score (nSPS) is 21.0. The number of ketones is 1. The minimum absolute atomic E-state index is 0.00421. The maximum atomic E-state index is 11.0. The smallest absolute Gasteiger partial charge is 0.274 e. The minimum Gasteiger partial charge on any atom is -0.350 e. The molecule has 0 aliphatic carbocycles.